The van der Waals surface area contributed by atoms with Crippen molar-refractivity contribution < 1.29 is 0 Å². The highest BCUT2D eigenvalue weighted by molar-refractivity contribution is 6.01. The van der Waals surface area contributed by atoms with Gasteiger partial charge >= 0.3 is 0 Å². The number of rotatable bonds is 5. The molecule has 62 valence electrons. The molecule has 0 aliphatic heterocycles. The first-order valence-corrected chi connectivity index (χ1v) is 3.10. The van der Waals surface area contributed by atoms with Crippen LogP contribution in [0.4, 0.5) is 0 Å². The first-order chi connectivity index (χ1) is 5.09. The van der Waals surface area contributed by atoms with E-state index in [4.69, 9.17) is 27.8 Å². The van der Waals surface area contributed by atoms with E-state index in [1.807, 2.05) is 0 Å². The Hall–Kier alpha value is -1.46. The Morgan fingerprint density at radius 1 is 1.27 bits per heavy atom. The maximum Gasteiger partial charge on any atom is 0.101 e. The monoisotopic (exact) mass is 156 g/mol. The van der Waals surface area contributed by atoms with Crippen molar-refractivity contribution in [1.29, 1.82) is 16.3 Å². The van der Waals surface area contributed by atoms with Gasteiger partial charge < -0.3 is 11.5 Å². The predicted octanol–water partition coefficient (Wildman–Crippen LogP) is -0.104. The fraction of sp³-hybridized carbons (Fsp3) is 0.600. The Kier molecular flexibility index (Phi) is 3.79. The van der Waals surface area contributed by atoms with Crippen molar-refractivity contribution in [2.75, 3.05) is 6.54 Å². The third-order valence-electron chi connectivity index (χ3n) is 1.28. The lowest BCUT2D eigenvalue weighted by molar-refractivity contribution is 0.731. The van der Waals surface area contributed by atoms with Crippen molar-refractivity contribution in [3.05, 3.63) is 0 Å². The summed E-state index contributed by atoms with van der Waals surface area (Å²) in [6, 6.07) is 0. The van der Waals surface area contributed by atoms with Gasteiger partial charge in [0.05, 0.1) is 12.5 Å². The molecular weight excluding hydrogens is 144 g/mol. The van der Waals surface area contributed by atoms with Gasteiger partial charge in [0.25, 0.3) is 0 Å². The van der Waals surface area contributed by atoms with Crippen molar-refractivity contribution >= 4 is 11.7 Å². The summed E-state index contributed by atoms with van der Waals surface area (Å²) in [5.41, 5.74) is 16.8. The molecule has 0 heterocycles. The molecule has 11 heavy (non-hydrogen) atoms. The summed E-state index contributed by atoms with van der Waals surface area (Å²) in [7, 11) is 0. The summed E-state index contributed by atoms with van der Waals surface area (Å²) in [5, 5.41) is 17.1. The predicted molar refractivity (Wildman–Crippen MR) is 41.9 cm³/mol. The topological polar surface area (TPSA) is 136 Å². The molecule has 0 aromatic rings. The lowest BCUT2D eigenvalue weighted by Gasteiger charge is -2.10. The van der Waals surface area contributed by atoms with E-state index in [0.29, 0.717) is 6.42 Å². The molecule has 0 unspecified atom stereocenters. The molecule has 0 aliphatic carbocycles. The van der Waals surface area contributed by atoms with Gasteiger partial charge in [-0.25, -0.2) is 5.53 Å². The van der Waals surface area contributed by atoms with Crippen molar-refractivity contribution in [2.24, 2.45) is 22.5 Å². The molecule has 0 bridgehead atoms. The van der Waals surface area contributed by atoms with Crippen LogP contribution in [-0.2, 0) is 0 Å². The molecule has 0 saturated heterocycles. The van der Waals surface area contributed by atoms with Crippen LogP contribution in [0, 0.1) is 22.3 Å². The first kappa shape index (κ1) is 9.54. The maximum atomic E-state index is 7.01. The van der Waals surface area contributed by atoms with Gasteiger partial charge in [0, 0.05) is 0 Å². The van der Waals surface area contributed by atoms with E-state index in [2.05, 4.69) is 5.11 Å². The lowest BCUT2D eigenvalue weighted by atomic mass is 10.0. The Labute approximate surface area is 64.5 Å². The summed E-state index contributed by atoms with van der Waals surface area (Å²) in [5.74, 6) is -0.827. The summed E-state index contributed by atoms with van der Waals surface area (Å²) in [6.07, 6.45) is 0.369. The molecule has 0 aromatic heterocycles. The average Bonchev–Trinajstić information content (AvgIpc) is 1.87. The zero-order valence-electron chi connectivity index (χ0n) is 6.09. The van der Waals surface area contributed by atoms with Crippen LogP contribution >= 0.6 is 0 Å². The minimum absolute atomic E-state index is 0.138. The van der Waals surface area contributed by atoms with Crippen molar-refractivity contribution in [3.8, 4) is 0 Å². The average molecular weight is 156 g/mol. The van der Waals surface area contributed by atoms with Crippen LogP contribution in [0.2, 0.25) is 0 Å². The fourth-order valence-corrected chi connectivity index (χ4v) is 0.672. The first-order valence-electron chi connectivity index (χ1n) is 3.10. The summed E-state index contributed by atoms with van der Waals surface area (Å²) < 4.78 is 0. The largest absolute Gasteiger partial charge is 0.387 e. The van der Waals surface area contributed by atoms with Crippen LogP contribution in [0.3, 0.4) is 0 Å². The van der Waals surface area contributed by atoms with Gasteiger partial charge in [-0.15, -0.1) is 0 Å². The zero-order chi connectivity index (χ0) is 8.85. The number of nitrogens with zero attached hydrogens (tertiary/aromatic N) is 1. The quantitative estimate of drug-likeness (QED) is 0.216. The molecule has 0 amide bonds. The van der Waals surface area contributed by atoms with E-state index in [-0.39, 0.29) is 18.2 Å². The number of nitrogens with two attached hydrogens (primary N) is 2. The summed E-state index contributed by atoms with van der Waals surface area (Å²) in [6.45, 7) is 0.254. The molecule has 0 spiro atoms. The molecule has 7 N–H and O–H groups in total. The SMILES string of the molecule is N=NCCC(C(=N)N)C(=N)N. The van der Waals surface area contributed by atoms with E-state index < -0.39 is 5.92 Å². The summed E-state index contributed by atoms with van der Waals surface area (Å²) >= 11 is 0. The molecule has 0 atom stereocenters. The van der Waals surface area contributed by atoms with Crippen molar-refractivity contribution in [2.45, 2.75) is 6.42 Å². The van der Waals surface area contributed by atoms with E-state index in [0.717, 1.165) is 0 Å². The zero-order valence-corrected chi connectivity index (χ0v) is 6.09. The third-order valence-corrected chi connectivity index (χ3v) is 1.28. The highest BCUT2D eigenvalue weighted by Crippen LogP contribution is 2.01. The minimum atomic E-state index is -0.552. The van der Waals surface area contributed by atoms with Gasteiger partial charge in [0.2, 0.25) is 0 Å². The van der Waals surface area contributed by atoms with Crippen LogP contribution in [0.1, 0.15) is 6.42 Å². The number of amidine groups is 2. The second kappa shape index (κ2) is 4.37. The van der Waals surface area contributed by atoms with Gasteiger partial charge in [-0.2, -0.15) is 5.11 Å². The van der Waals surface area contributed by atoms with Gasteiger partial charge in [-0.05, 0) is 6.42 Å². The Bertz CT molecular complexity index is 160. The molecule has 0 rings (SSSR count). The van der Waals surface area contributed by atoms with Gasteiger partial charge in [0.1, 0.15) is 11.7 Å². The minimum Gasteiger partial charge on any atom is -0.387 e. The number of hydrogen-bond acceptors (Lipinski definition) is 4. The maximum absolute atomic E-state index is 7.01. The molecule has 0 aromatic carbocycles. The highest BCUT2D eigenvalue weighted by atomic mass is 14.9. The lowest BCUT2D eigenvalue weighted by Crippen LogP contribution is -2.34. The fourth-order valence-electron chi connectivity index (χ4n) is 0.672. The smallest absolute Gasteiger partial charge is 0.101 e. The van der Waals surface area contributed by atoms with Crippen LogP contribution in [0.25, 0.3) is 0 Å². The second-order valence-electron chi connectivity index (χ2n) is 2.13. The number of nitrogens with one attached hydrogen (secondary N) is 3. The van der Waals surface area contributed by atoms with Gasteiger partial charge in [0.15, 0.2) is 0 Å². The molecule has 0 fully saturated rings. The Morgan fingerprint density at radius 3 is 2.00 bits per heavy atom. The van der Waals surface area contributed by atoms with E-state index >= 15 is 0 Å². The van der Waals surface area contributed by atoms with E-state index in [1.54, 1.807) is 0 Å². The molecule has 0 radical (unpaired) electrons. The van der Waals surface area contributed by atoms with Crippen LogP contribution in [0.5, 0.6) is 0 Å². The standard InChI is InChI=1S/C5H12N6/c6-4(7)3(5(8)9)1-2-11-10/h3,10H,1-2H2,(H3,6,7)(H3,8,9). The van der Waals surface area contributed by atoms with Gasteiger partial charge in [-0.3, -0.25) is 10.8 Å². The second-order valence-corrected chi connectivity index (χ2v) is 2.13. The highest BCUT2D eigenvalue weighted by Gasteiger charge is 2.14. The number of hydrogen-bond donors (Lipinski definition) is 5. The summed E-state index contributed by atoms with van der Waals surface area (Å²) in [4.78, 5) is 0. The normalized spacial score (nSPS) is 12.0. The molecular formula is C5H12N6. The van der Waals surface area contributed by atoms with Crippen molar-refractivity contribution in [1.82, 2.24) is 0 Å². The Morgan fingerprint density at radius 2 is 1.73 bits per heavy atom. The van der Waals surface area contributed by atoms with Crippen LogP contribution in [0.15, 0.2) is 5.11 Å². The van der Waals surface area contributed by atoms with E-state index in [9.17, 15) is 0 Å². The van der Waals surface area contributed by atoms with Crippen LogP contribution in [-0.4, -0.2) is 18.2 Å². The van der Waals surface area contributed by atoms with Crippen molar-refractivity contribution in [3.63, 3.8) is 0 Å². The third kappa shape index (κ3) is 3.29. The Balaban J connectivity index is 4.00. The van der Waals surface area contributed by atoms with Gasteiger partial charge in [-0.1, -0.05) is 0 Å². The molecule has 6 heteroatoms. The molecule has 6 nitrogen and oxygen atoms in total. The molecule has 0 aliphatic rings. The van der Waals surface area contributed by atoms with E-state index in [1.165, 1.54) is 0 Å². The van der Waals surface area contributed by atoms with Crippen LogP contribution < -0.4 is 11.5 Å². The molecule has 0 saturated carbocycles.